The summed E-state index contributed by atoms with van der Waals surface area (Å²) in [5.41, 5.74) is 6.40. The van der Waals surface area contributed by atoms with E-state index < -0.39 is 0 Å². The van der Waals surface area contributed by atoms with E-state index in [4.69, 9.17) is 17.3 Å². The van der Waals surface area contributed by atoms with Gasteiger partial charge in [0.25, 0.3) is 5.91 Å². The molecular weight excluding hydrogens is 252 g/mol. The lowest BCUT2D eigenvalue weighted by atomic mass is 10.2. The van der Waals surface area contributed by atoms with Gasteiger partial charge in [-0.15, -0.1) is 0 Å². The van der Waals surface area contributed by atoms with Gasteiger partial charge in [0.05, 0.1) is 17.4 Å². The van der Waals surface area contributed by atoms with Gasteiger partial charge in [0.1, 0.15) is 5.15 Å². The highest BCUT2D eigenvalue weighted by Crippen LogP contribution is 2.15. The molecule has 1 aromatic heterocycles. The molecule has 0 radical (unpaired) electrons. The van der Waals surface area contributed by atoms with E-state index >= 15 is 0 Å². The first-order valence-corrected chi connectivity index (χ1v) is 6.14. The predicted octanol–water partition coefficient (Wildman–Crippen LogP) is 1.39. The summed E-state index contributed by atoms with van der Waals surface area (Å²) in [4.78, 5) is 17.9. The summed E-state index contributed by atoms with van der Waals surface area (Å²) in [6.45, 7) is 2.87. The molecule has 0 fully saturated rings. The normalized spacial score (nSPS) is 12.5. The fourth-order valence-corrected chi connectivity index (χ4v) is 1.62. The van der Waals surface area contributed by atoms with Gasteiger partial charge in [-0.05, 0) is 40.1 Å². The second-order valence-electron chi connectivity index (χ2n) is 4.56. The molecule has 1 heterocycles. The zero-order chi connectivity index (χ0) is 13.7. The topological polar surface area (TPSA) is 71.2 Å². The molecule has 1 rings (SSSR count). The van der Waals surface area contributed by atoms with Crippen molar-refractivity contribution in [1.82, 2.24) is 15.2 Å². The van der Waals surface area contributed by atoms with Crippen LogP contribution in [0.1, 0.15) is 23.7 Å². The number of hydrogen-bond donors (Lipinski definition) is 2. The number of carbonyl (C=O) groups is 1. The van der Waals surface area contributed by atoms with Crippen molar-refractivity contribution in [1.29, 1.82) is 0 Å². The van der Waals surface area contributed by atoms with Crippen molar-refractivity contribution in [2.45, 2.75) is 19.4 Å². The molecule has 1 aromatic rings. The Morgan fingerprint density at radius 2 is 2.28 bits per heavy atom. The summed E-state index contributed by atoms with van der Waals surface area (Å²) in [7, 11) is 3.99. The number of nitrogens with zero attached hydrogens (tertiary/aromatic N) is 2. The predicted molar refractivity (Wildman–Crippen MR) is 73.8 cm³/mol. The van der Waals surface area contributed by atoms with Crippen molar-refractivity contribution in [2.24, 2.45) is 0 Å². The summed E-state index contributed by atoms with van der Waals surface area (Å²) in [6.07, 6.45) is 2.26. The zero-order valence-electron chi connectivity index (χ0n) is 10.9. The first-order chi connectivity index (χ1) is 8.40. The van der Waals surface area contributed by atoms with Crippen LogP contribution < -0.4 is 11.1 Å². The molecule has 0 saturated heterocycles. The lowest BCUT2D eigenvalue weighted by molar-refractivity contribution is 0.0937. The second-order valence-corrected chi connectivity index (χ2v) is 4.95. The fraction of sp³-hybridized carbons (Fsp3) is 0.500. The summed E-state index contributed by atoms with van der Waals surface area (Å²) in [5.74, 6) is -0.219. The maximum absolute atomic E-state index is 12.0. The monoisotopic (exact) mass is 270 g/mol. The third kappa shape index (κ3) is 4.50. The highest BCUT2D eigenvalue weighted by Gasteiger charge is 2.13. The number of halogens is 1. The van der Waals surface area contributed by atoms with Crippen LogP contribution in [-0.2, 0) is 0 Å². The first-order valence-electron chi connectivity index (χ1n) is 5.76. The standard InChI is InChI=1S/C12H19ClN4O/c1-8(4-5-17(2)3)16-12(18)9-6-11(13)15-7-10(9)14/h6-8H,4-5,14H2,1-3H3,(H,16,18). The van der Waals surface area contributed by atoms with E-state index in [1.54, 1.807) is 0 Å². The van der Waals surface area contributed by atoms with Crippen molar-refractivity contribution in [2.75, 3.05) is 26.4 Å². The summed E-state index contributed by atoms with van der Waals surface area (Å²) in [5, 5.41) is 3.15. The molecule has 0 bridgehead atoms. The lowest BCUT2D eigenvalue weighted by Gasteiger charge is -2.17. The van der Waals surface area contributed by atoms with Crippen molar-refractivity contribution >= 4 is 23.2 Å². The van der Waals surface area contributed by atoms with Crippen LogP contribution in [0, 0.1) is 0 Å². The number of nitrogen functional groups attached to an aromatic ring is 1. The van der Waals surface area contributed by atoms with Crippen molar-refractivity contribution in [3.63, 3.8) is 0 Å². The van der Waals surface area contributed by atoms with Crippen LogP contribution in [0.2, 0.25) is 5.15 Å². The first kappa shape index (κ1) is 14.7. The quantitative estimate of drug-likeness (QED) is 0.793. The average molecular weight is 271 g/mol. The van der Waals surface area contributed by atoms with Gasteiger partial charge in [-0.25, -0.2) is 4.98 Å². The number of pyridine rings is 1. The maximum atomic E-state index is 12.0. The number of nitrogens with two attached hydrogens (primary N) is 1. The van der Waals surface area contributed by atoms with E-state index in [0.29, 0.717) is 11.3 Å². The third-order valence-electron chi connectivity index (χ3n) is 2.53. The molecule has 1 unspecified atom stereocenters. The van der Waals surface area contributed by atoms with Crippen molar-refractivity contribution < 1.29 is 4.79 Å². The van der Waals surface area contributed by atoms with Gasteiger partial charge in [0, 0.05) is 6.04 Å². The van der Waals surface area contributed by atoms with E-state index in [2.05, 4.69) is 15.2 Å². The van der Waals surface area contributed by atoms with Crippen LogP contribution in [0.15, 0.2) is 12.3 Å². The smallest absolute Gasteiger partial charge is 0.253 e. The summed E-state index contributed by atoms with van der Waals surface area (Å²) in [6, 6.07) is 1.55. The Morgan fingerprint density at radius 1 is 1.61 bits per heavy atom. The molecule has 6 heteroatoms. The second kappa shape index (κ2) is 6.56. The minimum absolute atomic E-state index is 0.0752. The Bertz CT molecular complexity index is 423. The van der Waals surface area contributed by atoms with Gasteiger partial charge >= 0.3 is 0 Å². The van der Waals surface area contributed by atoms with Gasteiger partial charge < -0.3 is 16.0 Å². The molecule has 100 valence electrons. The zero-order valence-corrected chi connectivity index (χ0v) is 11.7. The molecule has 18 heavy (non-hydrogen) atoms. The summed E-state index contributed by atoms with van der Waals surface area (Å²) < 4.78 is 0. The maximum Gasteiger partial charge on any atom is 0.253 e. The molecule has 5 nitrogen and oxygen atoms in total. The number of aromatic nitrogens is 1. The largest absolute Gasteiger partial charge is 0.397 e. The van der Waals surface area contributed by atoms with E-state index in [-0.39, 0.29) is 17.1 Å². The van der Waals surface area contributed by atoms with E-state index in [1.165, 1.54) is 12.3 Å². The minimum Gasteiger partial charge on any atom is -0.397 e. The van der Waals surface area contributed by atoms with Crippen LogP contribution in [0.25, 0.3) is 0 Å². The average Bonchev–Trinajstić information content (AvgIpc) is 2.29. The SMILES string of the molecule is CC(CCN(C)C)NC(=O)c1cc(Cl)ncc1N. The minimum atomic E-state index is -0.219. The molecule has 3 N–H and O–H groups in total. The molecule has 0 aliphatic rings. The Balaban J connectivity index is 2.62. The molecule has 1 atom stereocenters. The molecule has 1 amide bonds. The molecule has 0 aliphatic heterocycles. The number of amides is 1. The lowest BCUT2D eigenvalue weighted by Crippen LogP contribution is -2.35. The van der Waals surface area contributed by atoms with E-state index in [1.807, 2.05) is 21.0 Å². The van der Waals surface area contributed by atoms with Crippen LogP contribution >= 0.6 is 11.6 Å². The molecule has 0 aliphatic carbocycles. The molecule has 0 saturated carbocycles. The van der Waals surface area contributed by atoms with Gasteiger partial charge in [0.2, 0.25) is 0 Å². The Labute approximate surface area is 112 Å². The van der Waals surface area contributed by atoms with Crippen LogP contribution in [0.3, 0.4) is 0 Å². The van der Waals surface area contributed by atoms with Gasteiger partial charge in [0.15, 0.2) is 0 Å². The third-order valence-corrected chi connectivity index (χ3v) is 2.74. The number of anilines is 1. The van der Waals surface area contributed by atoms with Crippen molar-refractivity contribution in [3.8, 4) is 0 Å². The molecular formula is C12H19ClN4O. The summed E-state index contributed by atoms with van der Waals surface area (Å²) >= 11 is 5.75. The van der Waals surface area contributed by atoms with Crippen molar-refractivity contribution in [3.05, 3.63) is 23.0 Å². The highest BCUT2D eigenvalue weighted by atomic mass is 35.5. The van der Waals surface area contributed by atoms with Crippen LogP contribution in [0.4, 0.5) is 5.69 Å². The van der Waals surface area contributed by atoms with E-state index in [9.17, 15) is 4.79 Å². The highest BCUT2D eigenvalue weighted by molar-refractivity contribution is 6.29. The Hall–Kier alpha value is -1.33. The van der Waals surface area contributed by atoms with Crippen LogP contribution in [0.5, 0.6) is 0 Å². The van der Waals surface area contributed by atoms with Crippen LogP contribution in [-0.4, -0.2) is 42.5 Å². The van der Waals surface area contributed by atoms with Gasteiger partial charge in [-0.2, -0.15) is 0 Å². The molecule has 0 aromatic carbocycles. The molecule has 0 spiro atoms. The van der Waals surface area contributed by atoms with Gasteiger partial charge in [-0.3, -0.25) is 4.79 Å². The number of rotatable bonds is 5. The number of hydrogen-bond acceptors (Lipinski definition) is 4. The number of nitrogens with one attached hydrogen (secondary N) is 1. The Morgan fingerprint density at radius 3 is 2.89 bits per heavy atom. The number of carbonyl (C=O) groups excluding carboxylic acids is 1. The Kier molecular flexibility index (Phi) is 5.37. The van der Waals surface area contributed by atoms with E-state index in [0.717, 1.165) is 13.0 Å². The fourth-order valence-electron chi connectivity index (χ4n) is 1.46. The van der Waals surface area contributed by atoms with Gasteiger partial charge in [-0.1, -0.05) is 11.6 Å².